The quantitative estimate of drug-likeness (QED) is 0.671. The van der Waals surface area contributed by atoms with Crippen LogP contribution in [-0.2, 0) is 22.6 Å². The summed E-state index contributed by atoms with van der Waals surface area (Å²) in [6, 6.07) is 0. The number of nitrogens with one attached hydrogen (secondary N) is 1. The molecular formula is C15H28N2O2S. The second-order valence-corrected chi connectivity index (χ2v) is 6.27. The van der Waals surface area contributed by atoms with E-state index in [1.807, 2.05) is 6.92 Å². The van der Waals surface area contributed by atoms with Crippen molar-refractivity contribution in [2.24, 2.45) is 5.92 Å². The highest BCUT2D eigenvalue weighted by Crippen LogP contribution is 2.31. The van der Waals surface area contributed by atoms with Gasteiger partial charge in [-0.05, 0) is 25.8 Å². The maximum atomic E-state index is 5.85. The van der Waals surface area contributed by atoms with Gasteiger partial charge in [-0.1, -0.05) is 20.8 Å². The van der Waals surface area contributed by atoms with Crippen LogP contribution in [0, 0.1) is 5.92 Å². The van der Waals surface area contributed by atoms with Crippen molar-refractivity contribution in [3.05, 3.63) is 15.6 Å². The Hall–Kier alpha value is -0.490. The van der Waals surface area contributed by atoms with Crippen molar-refractivity contribution in [3.8, 4) is 0 Å². The minimum absolute atomic E-state index is 0.0838. The Balaban J connectivity index is 2.87. The van der Waals surface area contributed by atoms with Gasteiger partial charge in [0, 0.05) is 25.1 Å². The molecule has 0 saturated carbocycles. The van der Waals surface area contributed by atoms with Crippen LogP contribution in [0.15, 0.2) is 0 Å². The Morgan fingerprint density at radius 3 is 2.60 bits per heavy atom. The summed E-state index contributed by atoms with van der Waals surface area (Å²) < 4.78 is 11.1. The molecule has 0 radical (unpaired) electrons. The van der Waals surface area contributed by atoms with Crippen LogP contribution in [0.5, 0.6) is 0 Å². The summed E-state index contributed by atoms with van der Waals surface area (Å²) >= 11 is 1.75. The van der Waals surface area contributed by atoms with Crippen molar-refractivity contribution in [2.75, 3.05) is 20.3 Å². The number of methoxy groups -OCH3 is 1. The van der Waals surface area contributed by atoms with Crippen LogP contribution in [0.25, 0.3) is 0 Å². The van der Waals surface area contributed by atoms with Gasteiger partial charge < -0.3 is 14.8 Å². The summed E-state index contributed by atoms with van der Waals surface area (Å²) in [5.74, 6) is 0.424. The standard InChI is InChI=1S/C15H28N2O2S/c1-6-8-16-9-13-12(10-18-5)17-15(20-13)14(11(3)4)19-7-2/h11,14,16H,6-10H2,1-5H3. The van der Waals surface area contributed by atoms with Gasteiger partial charge in [0.15, 0.2) is 0 Å². The van der Waals surface area contributed by atoms with Gasteiger partial charge in [-0.2, -0.15) is 0 Å². The number of thiazole rings is 1. The van der Waals surface area contributed by atoms with E-state index in [0.29, 0.717) is 19.1 Å². The molecule has 1 N–H and O–H groups in total. The Bertz CT molecular complexity index is 380. The molecule has 1 rings (SSSR count). The SMILES string of the molecule is CCCNCc1sc(C(OCC)C(C)C)nc1COC. The fourth-order valence-electron chi connectivity index (χ4n) is 2.02. The highest BCUT2D eigenvalue weighted by atomic mass is 32.1. The third kappa shape index (κ3) is 5.13. The predicted molar refractivity (Wildman–Crippen MR) is 84.0 cm³/mol. The zero-order chi connectivity index (χ0) is 15.0. The lowest BCUT2D eigenvalue weighted by Crippen LogP contribution is -2.14. The molecule has 5 heteroatoms. The van der Waals surface area contributed by atoms with Gasteiger partial charge in [0.25, 0.3) is 0 Å². The summed E-state index contributed by atoms with van der Waals surface area (Å²) in [6.07, 6.45) is 1.22. The van der Waals surface area contributed by atoms with Gasteiger partial charge in [-0.3, -0.25) is 0 Å². The fraction of sp³-hybridized carbons (Fsp3) is 0.800. The molecule has 20 heavy (non-hydrogen) atoms. The zero-order valence-corrected chi connectivity index (χ0v) is 14.2. The Morgan fingerprint density at radius 2 is 2.05 bits per heavy atom. The molecule has 1 unspecified atom stereocenters. The summed E-state index contributed by atoms with van der Waals surface area (Å²) in [4.78, 5) is 6.01. The molecule has 0 aliphatic rings. The van der Waals surface area contributed by atoms with Gasteiger partial charge in [-0.25, -0.2) is 4.98 Å². The number of hydrogen-bond donors (Lipinski definition) is 1. The van der Waals surface area contributed by atoms with E-state index < -0.39 is 0 Å². The summed E-state index contributed by atoms with van der Waals surface area (Å²) in [5.41, 5.74) is 1.04. The van der Waals surface area contributed by atoms with E-state index in [0.717, 1.165) is 30.2 Å². The number of hydrogen-bond acceptors (Lipinski definition) is 5. The average Bonchev–Trinajstić information content (AvgIpc) is 2.79. The van der Waals surface area contributed by atoms with E-state index >= 15 is 0 Å². The van der Waals surface area contributed by atoms with Gasteiger partial charge in [0.1, 0.15) is 11.1 Å². The summed E-state index contributed by atoms with van der Waals surface area (Å²) in [5, 5.41) is 4.51. The van der Waals surface area contributed by atoms with Crippen LogP contribution in [-0.4, -0.2) is 25.2 Å². The minimum Gasteiger partial charge on any atom is -0.378 e. The number of rotatable bonds is 10. The highest BCUT2D eigenvalue weighted by Gasteiger charge is 2.22. The lowest BCUT2D eigenvalue weighted by Gasteiger charge is -2.18. The summed E-state index contributed by atoms with van der Waals surface area (Å²) in [7, 11) is 1.71. The van der Waals surface area contributed by atoms with Gasteiger partial charge in [-0.15, -0.1) is 11.3 Å². The first-order valence-electron chi connectivity index (χ1n) is 7.43. The molecule has 116 valence electrons. The van der Waals surface area contributed by atoms with Crippen LogP contribution < -0.4 is 5.32 Å². The van der Waals surface area contributed by atoms with Crippen molar-refractivity contribution >= 4 is 11.3 Å². The first kappa shape index (κ1) is 17.6. The summed E-state index contributed by atoms with van der Waals surface area (Å²) in [6.45, 7) is 11.7. The number of nitrogens with zero attached hydrogens (tertiary/aromatic N) is 1. The van der Waals surface area contributed by atoms with Crippen LogP contribution in [0.2, 0.25) is 0 Å². The van der Waals surface area contributed by atoms with Crippen molar-refractivity contribution in [3.63, 3.8) is 0 Å². The molecule has 1 aromatic heterocycles. The molecule has 0 aliphatic heterocycles. The third-order valence-electron chi connectivity index (χ3n) is 2.98. The highest BCUT2D eigenvalue weighted by molar-refractivity contribution is 7.11. The van der Waals surface area contributed by atoms with E-state index in [2.05, 4.69) is 26.1 Å². The molecule has 1 atom stereocenters. The minimum atomic E-state index is 0.0838. The molecule has 1 heterocycles. The first-order chi connectivity index (χ1) is 9.63. The maximum absolute atomic E-state index is 5.85. The van der Waals surface area contributed by atoms with Crippen molar-refractivity contribution in [1.29, 1.82) is 0 Å². The van der Waals surface area contributed by atoms with Crippen molar-refractivity contribution < 1.29 is 9.47 Å². The maximum Gasteiger partial charge on any atom is 0.122 e. The normalized spacial score (nSPS) is 13.1. The molecule has 0 bridgehead atoms. The third-order valence-corrected chi connectivity index (χ3v) is 4.14. The second-order valence-electron chi connectivity index (χ2n) is 5.15. The molecule has 0 fully saturated rings. The molecule has 4 nitrogen and oxygen atoms in total. The smallest absolute Gasteiger partial charge is 0.122 e. The molecule has 0 aliphatic carbocycles. The lowest BCUT2D eigenvalue weighted by molar-refractivity contribution is 0.0290. The van der Waals surface area contributed by atoms with Crippen molar-refractivity contribution in [1.82, 2.24) is 10.3 Å². The predicted octanol–water partition coefficient (Wildman–Crippen LogP) is 3.52. The Labute approximate surface area is 126 Å². The first-order valence-corrected chi connectivity index (χ1v) is 8.25. The Kier molecular flexibility index (Phi) is 8.30. The van der Waals surface area contributed by atoms with E-state index in [9.17, 15) is 0 Å². The number of ether oxygens (including phenoxy) is 2. The molecule has 0 saturated heterocycles. The fourth-order valence-corrected chi connectivity index (χ4v) is 3.28. The van der Waals surface area contributed by atoms with E-state index in [1.165, 1.54) is 4.88 Å². The van der Waals surface area contributed by atoms with Crippen molar-refractivity contribution in [2.45, 2.75) is 53.4 Å². The van der Waals surface area contributed by atoms with Gasteiger partial charge >= 0.3 is 0 Å². The number of aromatic nitrogens is 1. The van der Waals surface area contributed by atoms with Crippen LogP contribution in [0.4, 0.5) is 0 Å². The Morgan fingerprint density at radius 1 is 1.30 bits per heavy atom. The monoisotopic (exact) mass is 300 g/mol. The zero-order valence-electron chi connectivity index (χ0n) is 13.4. The molecule has 1 aromatic rings. The average molecular weight is 300 g/mol. The molecule has 0 amide bonds. The van der Waals surface area contributed by atoms with E-state index in [4.69, 9.17) is 14.5 Å². The largest absolute Gasteiger partial charge is 0.378 e. The topological polar surface area (TPSA) is 43.4 Å². The molecular weight excluding hydrogens is 272 g/mol. The second kappa shape index (κ2) is 9.45. The van der Waals surface area contributed by atoms with E-state index in [1.54, 1.807) is 18.4 Å². The van der Waals surface area contributed by atoms with Crippen LogP contribution in [0.1, 0.15) is 55.8 Å². The van der Waals surface area contributed by atoms with Crippen LogP contribution >= 0.6 is 11.3 Å². The van der Waals surface area contributed by atoms with E-state index in [-0.39, 0.29) is 6.10 Å². The molecule has 0 aromatic carbocycles. The molecule has 0 spiro atoms. The van der Waals surface area contributed by atoms with Crippen LogP contribution in [0.3, 0.4) is 0 Å². The van der Waals surface area contributed by atoms with Gasteiger partial charge in [0.2, 0.25) is 0 Å². The van der Waals surface area contributed by atoms with Gasteiger partial charge in [0.05, 0.1) is 12.3 Å². The lowest BCUT2D eigenvalue weighted by atomic mass is 10.1.